The van der Waals surface area contributed by atoms with E-state index in [1.165, 1.54) is 51.4 Å². The molecule has 0 fully saturated rings. The number of hydrogen-bond acceptors (Lipinski definition) is 5. The number of allylic oxidation sites excluding steroid dienone is 4. The molecule has 0 atom stereocenters. The second kappa shape index (κ2) is 27.8. The molecule has 6 N–H and O–H groups in total. The van der Waals surface area contributed by atoms with Crippen LogP contribution in [0.2, 0.25) is 0 Å². The molecule has 0 rings (SSSR count). The van der Waals surface area contributed by atoms with Crippen molar-refractivity contribution in [3.05, 3.63) is 24.3 Å². The highest BCUT2D eigenvalue weighted by molar-refractivity contribution is 5.75. The average Bonchev–Trinajstić information content (AvgIpc) is 2.80. The zero-order chi connectivity index (χ0) is 23.4. The summed E-state index contributed by atoms with van der Waals surface area (Å²) in [4.78, 5) is 11.9. The molecular weight excluding hydrogens is 398 g/mol. The second-order valence-electron chi connectivity index (χ2n) is 8.37. The number of carbonyl (C=O) groups excluding carboxylic acids is 1. The molecule has 0 aromatic rings. The summed E-state index contributed by atoms with van der Waals surface area (Å²) in [5.74, 6) is 0.182. The van der Waals surface area contributed by atoms with Crippen molar-refractivity contribution in [1.29, 1.82) is 0 Å². The van der Waals surface area contributed by atoms with Gasteiger partial charge in [-0.2, -0.15) is 0 Å². The summed E-state index contributed by atoms with van der Waals surface area (Å²) in [6.45, 7) is 9.07. The van der Waals surface area contributed by atoms with Crippen LogP contribution in [-0.2, 0) is 4.79 Å². The minimum absolute atomic E-state index is 0.182. The standard InChI is InChI=1S/C26H53N5O/c1-2-3-4-5-6-7-8-9-10-11-12-13-14-15-16-17-26(32)31-25-24-30-23-22-29-21-20-28-19-18-27/h6-7,9-10,28-30H,2-5,8,11-25,27H2,1H3,(H,31,32). The highest BCUT2D eigenvalue weighted by Crippen LogP contribution is 2.08. The number of amides is 1. The first-order valence-corrected chi connectivity index (χ1v) is 13.2. The lowest BCUT2D eigenvalue weighted by Crippen LogP contribution is -2.36. The molecule has 32 heavy (non-hydrogen) atoms. The third-order valence-electron chi connectivity index (χ3n) is 5.26. The van der Waals surface area contributed by atoms with Gasteiger partial charge in [-0.3, -0.25) is 4.79 Å². The van der Waals surface area contributed by atoms with Gasteiger partial charge in [-0.05, 0) is 38.5 Å². The number of carbonyl (C=O) groups is 1. The van der Waals surface area contributed by atoms with Gasteiger partial charge in [0.25, 0.3) is 0 Å². The molecule has 0 spiro atoms. The normalized spacial score (nSPS) is 11.7. The van der Waals surface area contributed by atoms with Gasteiger partial charge in [-0.25, -0.2) is 0 Å². The minimum atomic E-state index is 0.182. The van der Waals surface area contributed by atoms with E-state index in [9.17, 15) is 4.79 Å². The van der Waals surface area contributed by atoms with Gasteiger partial charge in [0.15, 0.2) is 0 Å². The molecule has 0 saturated heterocycles. The number of nitrogens with two attached hydrogens (primary N) is 1. The molecule has 0 radical (unpaired) electrons. The van der Waals surface area contributed by atoms with E-state index < -0.39 is 0 Å². The van der Waals surface area contributed by atoms with Gasteiger partial charge in [0.2, 0.25) is 5.91 Å². The Labute approximate surface area is 198 Å². The summed E-state index contributed by atoms with van der Waals surface area (Å²) in [5.41, 5.74) is 5.42. The van der Waals surface area contributed by atoms with Gasteiger partial charge in [0, 0.05) is 58.8 Å². The van der Waals surface area contributed by atoms with E-state index in [0.29, 0.717) is 19.5 Å². The van der Waals surface area contributed by atoms with Crippen molar-refractivity contribution >= 4 is 5.91 Å². The Balaban J connectivity index is 3.24. The zero-order valence-electron chi connectivity index (χ0n) is 20.9. The van der Waals surface area contributed by atoms with E-state index in [-0.39, 0.29) is 5.91 Å². The molecule has 0 saturated carbocycles. The Morgan fingerprint density at radius 1 is 0.656 bits per heavy atom. The summed E-state index contributed by atoms with van der Waals surface area (Å²) in [5, 5.41) is 12.9. The molecular formula is C26H53N5O. The van der Waals surface area contributed by atoms with Crippen molar-refractivity contribution in [2.45, 2.75) is 84.0 Å². The summed E-state index contributed by atoms with van der Waals surface area (Å²) in [6, 6.07) is 0. The lowest BCUT2D eigenvalue weighted by molar-refractivity contribution is -0.121. The maximum atomic E-state index is 11.9. The first-order chi connectivity index (χ1) is 15.8. The molecule has 0 bridgehead atoms. The Bertz CT molecular complexity index is 440. The fourth-order valence-electron chi connectivity index (χ4n) is 3.31. The van der Waals surface area contributed by atoms with Gasteiger partial charge in [0.05, 0.1) is 0 Å². The Morgan fingerprint density at radius 3 is 1.81 bits per heavy atom. The Hall–Kier alpha value is -1.21. The molecule has 0 unspecified atom stereocenters. The van der Waals surface area contributed by atoms with Gasteiger partial charge in [-0.15, -0.1) is 0 Å². The van der Waals surface area contributed by atoms with E-state index in [2.05, 4.69) is 52.5 Å². The first kappa shape index (κ1) is 30.8. The zero-order valence-corrected chi connectivity index (χ0v) is 20.9. The lowest BCUT2D eigenvalue weighted by atomic mass is 10.1. The van der Waals surface area contributed by atoms with Crippen molar-refractivity contribution < 1.29 is 4.79 Å². The maximum absolute atomic E-state index is 11.9. The smallest absolute Gasteiger partial charge is 0.220 e. The van der Waals surface area contributed by atoms with Crippen LogP contribution >= 0.6 is 0 Å². The predicted octanol–water partition coefficient (Wildman–Crippen LogP) is 3.64. The predicted molar refractivity (Wildman–Crippen MR) is 140 cm³/mol. The Kier molecular flexibility index (Phi) is 26.8. The van der Waals surface area contributed by atoms with E-state index in [1.807, 2.05) is 0 Å². The van der Waals surface area contributed by atoms with E-state index in [0.717, 1.165) is 58.5 Å². The number of hydrogen-bond donors (Lipinski definition) is 5. The largest absolute Gasteiger partial charge is 0.355 e. The third-order valence-corrected chi connectivity index (χ3v) is 5.26. The Morgan fingerprint density at radius 2 is 1.19 bits per heavy atom. The molecule has 0 aromatic carbocycles. The first-order valence-electron chi connectivity index (χ1n) is 13.2. The molecule has 0 heterocycles. The molecule has 188 valence electrons. The van der Waals surface area contributed by atoms with Crippen molar-refractivity contribution in [1.82, 2.24) is 21.3 Å². The van der Waals surface area contributed by atoms with Crippen LogP contribution in [0.15, 0.2) is 24.3 Å². The molecule has 6 nitrogen and oxygen atoms in total. The fourth-order valence-corrected chi connectivity index (χ4v) is 3.31. The second-order valence-corrected chi connectivity index (χ2v) is 8.37. The summed E-state index contributed by atoms with van der Waals surface area (Å²) in [6.07, 6.45) is 23.2. The summed E-state index contributed by atoms with van der Waals surface area (Å²) < 4.78 is 0. The molecule has 1 amide bonds. The molecule has 0 aliphatic rings. The summed E-state index contributed by atoms with van der Waals surface area (Å²) in [7, 11) is 0. The maximum Gasteiger partial charge on any atom is 0.220 e. The van der Waals surface area contributed by atoms with Gasteiger partial charge in [-0.1, -0.05) is 63.3 Å². The molecule has 0 aromatic heterocycles. The average molecular weight is 452 g/mol. The van der Waals surface area contributed by atoms with Crippen molar-refractivity contribution in [2.24, 2.45) is 5.73 Å². The van der Waals surface area contributed by atoms with Crippen molar-refractivity contribution in [3.8, 4) is 0 Å². The minimum Gasteiger partial charge on any atom is -0.355 e. The fraction of sp³-hybridized carbons (Fsp3) is 0.808. The van der Waals surface area contributed by atoms with Crippen LogP contribution in [0.25, 0.3) is 0 Å². The van der Waals surface area contributed by atoms with Crippen LogP contribution in [0.3, 0.4) is 0 Å². The van der Waals surface area contributed by atoms with Crippen LogP contribution in [-0.4, -0.2) is 58.3 Å². The molecule has 0 aliphatic carbocycles. The van der Waals surface area contributed by atoms with Crippen LogP contribution in [0.4, 0.5) is 0 Å². The third kappa shape index (κ3) is 26.8. The highest BCUT2D eigenvalue weighted by atomic mass is 16.1. The van der Waals surface area contributed by atoms with Crippen LogP contribution in [0, 0.1) is 0 Å². The number of nitrogens with one attached hydrogen (secondary N) is 4. The molecule has 6 heteroatoms. The van der Waals surface area contributed by atoms with E-state index in [4.69, 9.17) is 5.73 Å². The topological polar surface area (TPSA) is 91.2 Å². The van der Waals surface area contributed by atoms with Crippen molar-refractivity contribution in [3.63, 3.8) is 0 Å². The van der Waals surface area contributed by atoms with Gasteiger partial charge >= 0.3 is 0 Å². The van der Waals surface area contributed by atoms with Gasteiger partial charge < -0.3 is 27.0 Å². The number of rotatable bonds is 25. The van der Waals surface area contributed by atoms with Gasteiger partial charge in [0.1, 0.15) is 0 Å². The highest BCUT2D eigenvalue weighted by Gasteiger charge is 2.00. The van der Waals surface area contributed by atoms with Crippen LogP contribution < -0.4 is 27.0 Å². The number of unbranched alkanes of at least 4 members (excludes halogenated alkanes) is 8. The van der Waals surface area contributed by atoms with E-state index >= 15 is 0 Å². The SMILES string of the molecule is CCCCCC=CCC=CCCCCCCCC(=O)NCCNCCNCCNCCN. The van der Waals surface area contributed by atoms with E-state index in [1.54, 1.807) is 0 Å². The summed E-state index contributed by atoms with van der Waals surface area (Å²) >= 11 is 0. The monoisotopic (exact) mass is 451 g/mol. The lowest BCUT2D eigenvalue weighted by Gasteiger charge is -2.08. The quantitative estimate of drug-likeness (QED) is 0.108. The van der Waals surface area contributed by atoms with Crippen LogP contribution in [0.1, 0.15) is 84.0 Å². The van der Waals surface area contributed by atoms with Crippen LogP contribution in [0.5, 0.6) is 0 Å². The van der Waals surface area contributed by atoms with Crippen molar-refractivity contribution in [2.75, 3.05) is 52.4 Å². The molecule has 0 aliphatic heterocycles.